The van der Waals surface area contributed by atoms with E-state index < -0.39 is 0 Å². The van der Waals surface area contributed by atoms with E-state index in [2.05, 4.69) is 56.9 Å². The van der Waals surface area contributed by atoms with Crippen LogP contribution in [0.5, 0.6) is 0 Å². The van der Waals surface area contributed by atoms with Crippen molar-refractivity contribution in [3.05, 3.63) is 23.9 Å². The number of hydrogen-bond acceptors (Lipinski definition) is 3. The molecule has 1 aromatic rings. The molecule has 94 valence electrons. The number of hydrogen-bond donors (Lipinski definition) is 0. The van der Waals surface area contributed by atoms with Crippen LogP contribution in [0.15, 0.2) is 18.3 Å². The number of rotatable bonds is 3. The molecule has 1 unspecified atom stereocenters. The predicted octanol–water partition coefficient (Wildman–Crippen LogP) is 2.51. The van der Waals surface area contributed by atoms with Crippen LogP contribution in [0.3, 0.4) is 0 Å². The highest BCUT2D eigenvalue weighted by Crippen LogP contribution is 2.20. The maximum Gasteiger partial charge on any atom is 0.128 e. The van der Waals surface area contributed by atoms with E-state index in [-0.39, 0.29) is 0 Å². The van der Waals surface area contributed by atoms with Crippen molar-refractivity contribution >= 4 is 21.7 Å². The molecule has 3 nitrogen and oxygen atoms in total. The molecule has 1 aromatic heterocycles. The topological polar surface area (TPSA) is 19.4 Å². The molecule has 0 N–H and O–H groups in total. The first-order chi connectivity index (χ1) is 8.20. The van der Waals surface area contributed by atoms with Gasteiger partial charge >= 0.3 is 0 Å². The summed E-state index contributed by atoms with van der Waals surface area (Å²) in [6.45, 7) is 2.22. The van der Waals surface area contributed by atoms with E-state index in [0.29, 0.717) is 6.04 Å². The van der Waals surface area contributed by atoms with Crippen LogP contribution in [-0.4, -0.2) is 43.1 Å². The van der Waals surface area contributed by atoms with Gasteiger partial charge in [-0.05, 0) is 38.6 Å². The van der Waals surface area contributed by atoms with E-state index in [0.717, 1.165) is 24.2 Å². The van der Waals surface area contributed by atoms with Gasteiger partial charge in [-0.1, -0.05) is 22.0 Å². The predicted molar refractivity (Wildman–Crippen MR) is 75.8 cm³/mol. The molecule has 1 saturated heterocycles. The maximum absolute atomic E-state index is 4.54. The van der Waals surface area contributed by atoms with Crippen LogP contribution in [0.2, 0.25) is 0 Å². The van der Waals surface area contributed by atoms with Gasteiger partial charge in [0.05, 0.1) is 0 Å². The van der Waals surface area contributed by atoms with Crippen molar-refractivity contribution in [2.45, 2.75) is 24.2 Å². The van der Waals surface area contributed by atoms with Crippen LogP contribution >= 0.6 is 15.9 Å². The Bertz CT molecular complexity index is 350. The third-order valence-corrected chi connectivity index (χ3v) is 4.06. The SMILES string of the molecule is CN(C)C1CCCN(c2ccc(CBr)cn2)C1. The van der Waals surface area contributed by atoms with E-state index in [1.807, 2.05) is 6.20 Å². The van der Waals surface area contributed by atoms with Gasteiger partial charge in [0.25, 0.3) is 0 Å². The second kappa shape index (κ2) is 5.83. The van der Waals surface area contributed by atoms with Crippen LogP contribution in [-0.2, 0) is 5.33 Å². The number of nitrogens with zero attached hydrogens (tertiary/aromatic N) is 3. The Labute approximate surface area is 112 Å². The highest BCUT2D eigenvalue weighted by Gasteiger charge is 2.21. The Morgan fingerprint density at radius 3 is 2.88 bits per heavy atom. The van der Waals surface area contributed by atoms with Crippen molar-refractivity contribution in [2.75, 3.05) is 32.1 Å². The van der Waals surface area contributed by atoms with Crippen LogP contribution in [0.1, 0.15) is 18.4 Å². The first kappa shape index (κ1) is 12.8. The van der Waals surface area contributed by atoms with Crippen LogP contribution in [0.25, 0.3) is 0 Å². The maximum atomic E-state index is 4.54. The van der Waals surface area contributed by atoms with Crippen molar-refractivity contribution in [1.82, 2.24) is 9.88 Å². The van der Waals surface area contributed by atoms with E-state index in [1.165, 1.54) is 18.4 Å². The minimum atomic E-state index is 0.654. The lowest BCUT2D eigenvalue weighted by Gasteiger charge is -2.36. The zero-order valence-corrected chi connectivity index (χ0v) is 12.2. The van der Waals surface area contributed by atoms with Crippen molar-refractivity contribution < 1.29 is 0 Å². The number of aromatic nitrogens is 1. The Balaban J connectivity index is 2.05. The van der Waals surface area contributed by atoms with Crippen molar-refractivity contribution in [1.29, 1.82) is 0 Å². The van der Waals surface area contributed by atoms with E-state index in [9.17, 15) is 0 Å². The number of pyridine rings is 1. The molecule has 17 heavy (non-hydrogen) atoms. The van der Waals surface area contributed by atoms with Gasteiger partial charge in [0.1, 0.15) is 5.82 Å². The monoisotopic (exact) mass is 297 g/mol. The van der Waals surface area contributed by atoms with Crippen molar-refractivity contribution in [3.8, 4) is 0 Å². The molecular weight excluding hydrogens is 278 g/mol. The van der Waals surface area contributed by atoms with Gasteiger partial charge in [-0.25, -0.2) is 4.98 Å². The lowest BCUT2D eigenvalue weighted by atomic mass is 10.0. The Morgan fingerprint density at radius 1 is 1.47 bits per heavy atom. The zero-order chi connectivity index (χ0) is 12.3. The summed E-state index contributed by atoms with van der Waals surface area (Å²) in [6.07, 6.45) is 4.51. The van der Waals surface area contributed by atoms with Gasteiger partial charge in [0.15, 0.2) is 0 Å². The highest BCUT2D eigenvalue weighted by molar-refractivity contribution is 9.08. The fourth-order valence-corrected chi connectivity index (χ4v) is 2.60. The minimum absolute atomic E-state index is 0.654. The summed E-state index contributed by atoms with van der Waals surface area (Å²) in [5, 5.41) is 0.876. The molecule has 0 bridgehead atoms. The Hall–Kier alpha value is -0.610. The van der Waals surface area contributed by atoms with E-state index in [4.69, 9.17) is 0 Å². The summed E-state index contributed by atoms with van der Waals surface area (Å²) in [4.78, 5) is 9.26. The molecule has 1 fully saturated rings. The van der Waals surface area contributed by atoms with Crippen LogP contribution < -0.4 is 4.90 Å². The van der Waals surface area contributed by atoms with Crippen LogP contribution in [0, 0.1) is 0 Å². The lowest BCUT2D eigenvalue weighted by molar-refractivity contribution is 0.257. The van der Waals surface area contributed by atoms with Gasteiger partial charge in [0, 0.05) is 30.7 Å². The summed E-state index contributed by atoms with van der Waals surface area (Å²) in [7, 11) is 4.32. The van der Waals surface area contributed by atoms with Crippen LogP contribution in [0.4, 0.5) is 5.82 Å². The van der Waals surface area contributed by atoms with Gasteiger partial charge in [-0.15, -0.1) is 0 Å². The first-order valence-corrected chi connectivity index (χ1v) is 7.25. The molecule has 1 aliphatic heterocycles. The Morgan fingerprint density at radius 2 is 2.29 bits per heavy atom. The number of alkyl halides is 1. The summed E-state index contributed by atoms with van der Waals surface area (Å²) >= 11 is 3.45. The molecule has 4 heteroatoms. The third kappa shape index (κ3) is 3.19. The highest BCUT2D eigenvalue weighted by atomic mass is 79.9. The number of piperidine rings is 1. The van der Waals surface area contributed by atoms with Gasteiger partial charge in [0.2, 0.25) is 0 Å². The number of likely N-dealkylation sites (N-methyl/N-ethyl adjacent to an activating group) is 1. The summed E-state index contributed by atoms with van der Waals surface area (Å²) in [5.41, 5.74) is 1.23. The van der Waals surface area contributed by atoms with E-state index >= 15 is 0 Å². The van der Waals surface area contributed by atoms with Gasteiger partial charge < -0.3 is 9.80 Å². The quantitative estimate of drug-likeness (QED) is 0.799. The second-order valence-electron chi connectivity index (χ2n) is 4.86. The van der Waals surface area contributed by atoms with E-state index in [1.54, 1.807) is 0 Å². The number of halogens is 1. The molecule has 0 saturated carbocycles. The first-order valence-electron chi connectivity index (χ1n) is 6.13. The fraction of sp³-hybridized carbons (Fsp3) is 0.615. The molecular formula is C13H20BrN3. The molecule has 0 spiro atoms. The summed E-state index contributed by atoms with van der Waals surface area (Å²) < 4.78 is 0. The molecule has 0 radical (unpaired) electrons. The average molecular weight is 298 g/mol. The zero-order valence-electron chi connectivity index (χ0n) is 10.6. The normalized spacial score (nSPS) is 20.9. The van der Waals surface area contributed by atoms with Gasteiger partial charge in [-0.2, -0.15) is 0 Å². The molecule has 0 amide bonds. The lowest BCUT2D eigenvalue weighted by Crippen LogP contribution is -2.45. The third-order valence-electron chi connectivity index (χ3n) is 3.41. The molecule has 1 aliphatic rings. The number of anilines is 1. The second-order valence-corrected chi connectivity index (χ2v) is 5.42. The molecule has 0 aromatic carbocycles. The molecule has 2 rings (SSSR count). The van der Waals surface area contributed by atoms with Crippen molar-refractivity contribution in [3.63, 3.8) is 0 Å². The largest absolute Gasteiger partial charge is 0.355 e. The summed E-state index contributed by atoms with van der Waals surface area (Å²) in [6, 6.07) is 4.94. The smallest absolute Gasteiger partial charge is 0.128 e. The summed E-state index contributed by atoms with van der Waals surface area (Å²) in [5.74, 6) is 1.11. The average Bonchev–Trinajstić information content (AvgIpc) is 2.39. The Kier molecular flexibility index (Phi) is 4.40. The standard InChI is InChI=1S/C13H20BrN3/c1-16(2)12-4-3-7-17(10-12)13-6-5-11(8-14)9-15-13/h5-6,9,12H,3-4,7-8,10H2,1-2H3. The molecule has 0 aliphatic carbocycles. The van der Waals surface area contributed by atoms with Crippen molar-refractivity contribution in [2.24, 2.45) is 0 Å². The van der Waals surface area contributed by atoms with Gasteiger partial charge in [-0.3, -0.25) is 0 Å². The molecule has 1 atom stereocenters. The fourth-order valence-electron chi connectivity index (χ4n) is 2.27. The molecule has 2 heterocycles. The minimum Gasteiger partial charge on any atom is -0.355 e.